The first-order valence-electron chi connectivity index (χ1n) is 9.05. The number of nitrogens with zero attached hydrogens (tertiary/aromatic N) is 3. The van der Waals surface area contributed by atoms with Crippen LogP contribution in [-0.4, -0.2) is 30.0 Å². The minimum atomic E-state index is -0.728. The number of amides is 1. The Bertz CT molecular complexity index is 1120. The fourth-order valence-electron chi connectivity index (χ4n) is 3.39. The maximum atomic E-state index is 13.1. The molecular weight excluding hydrogens is 388 g/mol. The van der Waals surface area contributed by atoms with E-state index in [4.69, 9.17) is 9.47 Å². The summed E-state index contributed by atoms with van der Waals surface area (Å²) in [6.45, 7) is 0. The lowest BCUT2D eigenvalue weighted by Gasteiger charge is -2.26. The molecule has 0 bridgehead atoms. The van der Waals surface area contributed by atoms with E-state index in [1.54, 1.807) is 61.8 Å². The van der Waals surface area contributed by atoms with Crippen molar-refractivity contribution < 1.29 is 19.2 Å². The first-order valence-corrected chi connectivity index (χ1v) is 9.05. The summed E-state index contributed by atoms with van der Waals surface area (Å²) < 4.78 is 10.3. The molecule has 1 atom stereocenters. The molecule has 1 unspecified atom stereocenters. The molecule has 1 aliphatic heterocycles. The molecule has 1 amide bonds. The Balaban J connectivity index is 1.79. The predicted molar refractivity (Wildman–Crippen MR) is 110 cm³/mol. The normalized spacial score (nSPS) is 14.9. The number of carbonyl (C=O) groups is 1. The van der Waals surface area contributed by atoms with E-state index in [1.807, 2.05) is 0 Å². The highest BCUT2D eigenvalue weighted by molar-refractivity contribution is 6.11. The number of methoxy groups -OCH3 is 2. The van der Waals surface area contributed by atoms with Gasteiger partial charge in [-0.2, -0.15) is 0 Å². The zero-order chi connectivity index (χ0) is 21.3. The van der Waals surface area contributed by atoms with Gasteiger partial charge in [0.1, 0.15) is 17.2 Å². The second-order valence-corrected chi connectivity index (χ2v) is 6.50. The summed E-state index contributed by atoms with van der Waals surface area (Å²) in [5, 5.41) is 14.7. The predicted octanol–water partition coefficient (Wildman–Crippen LogP) is 3.78. The van der Waals surface area contributed by atoms with E-state index in [-0.39, 0.29) is 17.3 Å². The van der Waals surface area contributed by atoms with E-state index in [1.165, 1.54) is 18.1 Å². The van der Waals surface area contributed by atoms with Gasteiger partial charge in [-0.05, 0) is 48.5 Å². The van der Waals surface area contributed by atoms with Gasteiger partial charge in [-0.1, -0.05) is 0 Å². The summed E-state index contributed by atoms with van der Waals surface area (Å²) in [4.78, 5) is 30.1. The second-order valence-electron chi connectivity index (χ2n) is 6.50. The van der Waals surface area contributed by atoms with E-state index in [0.717, 1.165) is 0 Å². The van der Waals surface area contributed by atoms with Crippen molar-refractivity contribution in [3.05, 3.63) is 82.2 Å². The number of hydrogen-bond donors (Lipinski definition) is 1. The van der Waals surface area contributed by atoms with Crippen LogP contribution in [0, 0.1) is 10.1 Å². The highest BCUT2D eigenvalue weighted by Gasteiger charge is 2.39. The van der Waals surface area contributed by atoms with Crippen LogP contribution >= 0.6 is 0 Å². The second kappa shape index (κ2) is 7.70. The van der Waals surface area contributed by atoms with Crippen molar-refractivity contribution in [2.24, 2.45) is 0 Å². The smallest absolute Gasteiger partial charge is 0.296 e. The molecule has 0 fully saturated rings. The zero-order valence-corrected chi connectivity index (χ0v) is 16.2. The lowest BCUT2D eigenvalue weighted by atomic mass is 10.2. The molecule has 0 aliphatic carbocycles. The van der Waals surface area contributed by atoms with Crippen LogP contribution in [0.25, 0.3) is 0 Å². The van der Waals surface area contributed by atoms with Crippen LogP contribution in [0.4, 0.5) is 17.1 Å². The highest BCUT2D eigenvalue weighted by Crippen LogP contribution is 2.39. The van der Waals surface area contributed by atoms with E-state index in [9.17, 15) is 14.9 Å². The molecule has 9 nitrogen and oxygen atoms in total. The Labute approximate surface area is 172 Å². The van der Waals surface area contributed by atoms with Crippen molar-refractivity contribution >= 4 is 23.0 Å². The minimum absolute atomic E-state index is 0.166. The van der Waals surface area contributed by atoms with E-state index in [2.05, 4.69) is 10.3 Å². The number of benzene rings is 2. The van der Waals surface area contributed by atoms with Crippen molar-refractivity contribution in [3.63, 3.8) is 0 Å². The summed E-state index contributed by atoms with van der Waals surface area (Å²) in [7, 11) is 3.00. The highest BCUT2D eigenvalue weighted by atomic mass is 16.6. The van der Waals surface area contributed by atoms with Gasteiger partial charge in [-0.15, -0.1) is 0 Å². The van der Waals surface area contributed by atoms with Crippen LogP contribution in [0.15, 0.2) is 60.8 Å². The Kier molecular flexibility index (Phi) is 4.93. The maximum Gasteiger partial charge on any atom is 0.296 e. The summed E-state index contributed by atoms with van der Waals surface area (Å²) >= 11 is 0. The number of ether oxygens (including phenoxy) is 2. The largest absolute Gasteiger partial charge is 0.497 e. The maximum absolute atomic E-state index is 13.1. The number of pyridine rings is 1. The Morgan fingerprint density at radius 3 is 2.43 bits per heavy atom. The summed E-state index contributed by atoms with van der Waals surface area (Å²) in [5.41, 5.74) is 1.61. The summed E-state index contributed by atoms with van der Waals surface area (Å²) in [6.07, 6.45) is 0.856. The van der Waals surface area contributed by atoms with Gasteiger partial charge in [0.15, 0.2) is 6.17 Å². The molecule has 1 aromatic heterocycles. The zero-order valence-electron chi connectivity index (χ0n) is 16.2. The molecule has 30 heavy (non-hydrogen) atoms. The number of anilines is 2. The monoisotopic (exact) mass is 406 g/mol. The molecule has 0 saturated carbocycles. The molecule has 0 radical (unpaired) electrons. The van der Waals surface area contributed by atoms with Crippen LogP contribution < -0.4 is 19.7 Å². The third-order valence-corrected chi connectivity index (χ3v) is 4.85. The number of hydrogen-bond acceptors (Lipinski definition) is 7. The molecule has 2 aromatic carbocycles. The number of nitrogens with one attached hydrogen (secondary N) is 1. The molecule has 1 N–H and O–H groups in total. The molecule has 4 rings (SSSR count). The van der Waals surface area contributed by atoms with Gasteiger partial charge in [0.2, 0.25) is 0 Å². The van der Waals surface area contributed by atoms with Crippen LogP contribution in [0.5, 0.6) is 11.5 Å². The number of rotatable bonds is 6. The molecule has 9 heteroatoms. The van der Waals surface area contributed by atoms with Crippen LogP contribution in [-0.2, 0) is 0 Å². The SMILES string of the molecule is COc1ccc(N2C(=O)c3cccnc3C2Nc2ccc(OC)cc2[N+](=O)[O-])cc1. The van der Waals surface area contributed by atoms with Gasteiger partial charge in [0.05, 0.1) is 36.5 Å². The van der Waals surface area contributed by atoms with Crippen molar-refractivity contribution in [1.29, 1.82) is 0 Å². The molecule has 152 valence electrons. The third-order valence-electron chi connectivity index (χ3n) is 4.85. The van der Waals surface area contributed by atoms with Crippen LogP contribution in [0.2, 0.25) is 0 Å². The van der Waals surface area contributed by atoms with Gasteiger partial charge >= 0.3 is 0 Å². The van der Waals surface area contributed by atoms with Crippen molar-refractivity contribution in [3.8, 4) is 11.5 Å². The van der Waals surface area contributed by atoms with Crippen LogP contribution in [0.3, 0.4) is 0 Å². The number of nitro benzene ring substituents is 1. The standard InChI is InChI=1S/C21H18N4O5/c1-29-14-7-5-13(6-8-14)24-20(19-16(21(24)26)4-3-11-22-19)23-17-10-9-15(30-2)12-18(17)25(27)28/h3-12,20,23H,1-2H3. The van der Waals surface area contributed by atoms with Crippen molar-refractivity contribution in [1.82, 2.24) is 4.98 Å². The topological polar surface area (TPSA) is 107 Å². The average molecular weight is 406 g/mol. The molecule has 3 aromatic rings. The van der Waals surface area contributed by atoms with Gasteiger partial charge < -0.3 is 14.8 Å². The van der Waals surface area contributed by atoms with E-state index < -0.39 is 11.1 Å². The summed E-state index contributed by atoms with van der Waals surface area (Å²) in [6, 6.07) is 14.8. The third kappa shape index (κ3) is 3.26. The number of carbonyl (C=O) groups excluding carboxylic acids is 1. The average Bonchev–Trinajstić information content (AvgIpc) is 3.05. The van der Waals surface area contributed by atoms with Crippen molar-refractivity contribution in [2.75, 3.05) is 24.4 Å². The Morgan fingerprint density at radius 2 is 1.77 bits per heavy atom. The van der Waals surface area contributed by atoms with Gasteiger partial charge in [-0.25, -0.2) is 0 Å². The fraction of sp³-hybridized carbons (Fsp3) is 0.143. The number of nitro groups is 1. The molecular formula is C21H18N4O5. The van der Waals surface area contributed by atoms with Crippen molar-refractivity contribution in [2.45, 2.75) is 6.17 Å². The van der Waals surface area contributed by atoms with Gasteiger partial charge in [0, 0.05) is 11.9 Å². The number of aromatic nitrogens is 1. The summed E-state index contributed by atoms with van der Waals surface area (Å²) in [5.74, 6) is 0.758. The first kappa shape index (κ1) is 19.2. The lowest BCUT2D eigenvalue weighted by molar-refractivity contribution is -0.384. The quantitative estimate of drug-likeness (QED) is 0.490. The molecule has 1 aliphatic rings. The van der Waals surface area contributed by atoms with E-state index >= 15 is 0 Å². The van der Waals surface area contributed by atoms with Gasteiger partial charge in [-0.3, -0.25) is 24.8 Å². The molecule has 0 spiro atoms. The molecule has 2 heterocycles. The number of fused-ring (bicyclic) bond motifs is 1. The van der Waals surface area contributed by atoms with Gasteiger partial charge in [0.25, 0.3) is 11.6 Å². The van der Waals surface area contributed by atoms with Crippen LogP contribution in [0.1, 0.15) is 22.2 Å². The minimum Gasteiger partial charge on any atom is -0.497 e. The first-order chi connectivity index (χ1) is 14.5. The Hall–Kier alpha value is -4.14. The lowest BCUT2D eigenvalue weighted by Crippen LogP contribution is -2.32. The van der Waals surface area contributed by atoms with E-state index in [0.29, 0.717) is 28.4 Å². The Morgan fingerprint density at radius 1 is 1.07 bits per heavy atom. The molecule has 0 saturated heterocycles. The fourth-order valence-corrected chi connectivity index (χ4v) is 3.39.